The number of rotatable bonds is 15. The molecular weight excluding hydrogens is 526 g/mol. The van der Waals surface area contributed by atoms with Gasteiger partial charge in [0.05, 0.1) is 17.2 Å². The molecule has 0 saturated carbocycles. The molecule has 41 heavy (non-hydrogen) atoms. The molecule has 0 N–H and O–H groups in total. The van der Waals surface area contributed by atoms with E-state index in [1.807, 2.05) is 12.1 Å². The Kier molecular flexibility index (Phi) is 12.4. The summed E-state index contributed by atoms with van der Waals surface area (Å²) in [4.78, 5) is 27.7. The van der Waals surface area contributed by atoms with Crippen LogP contribution in [0.5, 0.6) is 0 Å². The Morgan fingerprint density at radius 2 is 1.29 bits per heavy atom. The molecule has 1 saturated heterocycles. The molecule has 5 nitrogen and oxygen atoms in total. The number of fused-ring (bicyclic) bond motifs is 1. The molecule has 2 aliphatic rings. The number of hydrogen-bond donors (Lipinski definition) is 0. The summed E-state index contributed by atoms with van der Waals surface area (Å²) in [5, 5.41) is -0.262. The molecule has 2 aliphatic heterocycles. The monoisotopic (exact) mass is 583 g/mol. The summed E-state index contributed by atoms with van der Waals surface area (Å²) in [7, 11) is -2.69. The van der Waals surface area contributed by atoms with Crippen LogP contribution in [0.1, 0.15) is 146 Å². The second-order valence-corrected chi connectivity index (χ2v) is 19.0. The van der Waals surface area contributed by atoms with Gasteiger partial charge in [-0.25, -0.2) is 0 Å². The molecule has 3 rings (SSSR count). The Hall–Kier alpha value is -1.76. The molecule has 0 radical (unpaired) electrons. The maximum absolute atomic E-state index is 13.1. The summed E-state index contributed by atoms with van der Waals surface area (Å²) in [6, 6.07) is 7.11. The largest absolute Gasteiger partial charge is 0.393 e. The number of hydrogen-bond acceptors (Lipinski definition) is 4. The lowest BCUT2D eigenvalue weighted by Crippen LogP contribution is -2.64. The van der Waals surface area contributed by atoms with E-state index in [1.54, 1.807) is 12.1 Å². The van der Waals surface area contributed by atoms with Crippen molar-refractivity contribution in [3.8, 4) is 0 Å². The van der Waals surface area contributed by atoms with Gasteiger partial charge >= 0.3 is 8.56 Å². The van der Waals surface area contributed by atoms with Crippen molar-refractivity contribution in [2.75, 3.05) is 13.2 Å². The van der Waals surface area contributed by atoms with Gasteiger partial charge in [0, 0.05) is 29.1 Å². The van der Waals surface area contributed by atoms with Crippen LogP contribution < -0.4 is 0 Å². The van der Waals surface area contributed by atoms with Crippen molar-refractivity contribution in [2.45, 2.75) is 142 Å². The molecular formula is C35H57NO4Si. The van der Waals surface area contributed by atoms with Crippen molar-refractivity contribution < 1.29 is 18.4 Å². The summed E-state index contributed by atoms with van der Waals surface area (Å²) in [5.41, 5.74) is 0.985. The Morgan fingerprint density at radius 3 is 1.78 bits per heavy atom. The van der Waals surface area contributed by atoms with E-state index >= 15 is 0 Å². The molecule has 0 aromatic heterocycles. The Balaban J connectivity index is 1.59. The zero-order valence-corrected chi connectivity index (χ0v) is 28.1. The highest BCUT2D eigenvalue weighted by Crippen LogP contribution is 2.54. The van der Waals surface area contributed by atoms with Gasteiger partial charge in [-0.1, -0.05) is 137 Å². The van der Waals surface area contributed by atoms with Crippen molar-refractivity contribution in [3.63, 3.8) is 0 Å². The lowest BCUT2D eigenvalue weighted by molar-refractivity contribution is -0.0117. The van der Waals surface area contributed by atoms with Crippen LogP contribution in [-0.4, -0.2) is 44.5 Å². The number of carbonyl (C=O) groups is 2. The van der Waals surface area contributed by atoms with Gasteiger partial charge in [-0.2, -0.15) is 0 Å². The quantitative estimate of drug-likeness (QED) is 0.0893. The van der Waals surface area contributed by atoms with E-state index in [0.717, 1.165) is 6.42 Å². The standard InChI is InChI=1S/C35H57NO4Si/c1-8-9-10-11-12-13-14-15-16-17-18-19-20-25-31-28(27-39-41(40-31,34(2,3)4)35(5,6)7)26-36-32(37)29-23-21-22-24-30(29)33(36)38/h20-25,28,31H,8-19,26-27H2,1-7H3/b25-20-/t28-,31+/m0/s1. The van der Waals surface area contributed by atoms with E-state index < -0.39 is 8.56 Å². The summed E-state index contributed by atoms with van der Waals surface area (Å²) in [6.07, 6.45) is 20.0. The first kappa shape index (κ1) is 33.7. The number of imide groups is 1. The van der Waals surface area contributed by atoms with Crippen molar-refractivity contribution in [1.82, 2.24) is 4.90 Å². The first-order chi connectivity index (χ1) is 19.4. The highest BCUT2D eigenvalue weighted by molar-refractivity contribution is 6.73. The van der Waals surface area contributed by atoms with Gasteiger partial charge in [0.2, 0.25) is 0 Å². The predicted molar refractivity (Wildman–Crippen MR) is 172 cm³/mol. The van der Waals surface area contributed by atoms with E-state index in [2.05, 4.69) is 60.6 Å². The number of carbonyl (C=O) groups excluding carboxylic acids is 2. The van der Waals surface area contributed by atoms with Gasteiger partial charge in [-0.3, -0.25) is 14.5 Å². The average Bonchev–Trinajstić information content (AvgIpc) is 3.15. The molecule has 2 amide bonds. The zero-order valence-electron chi connectivity index (χ0n) is 27.1. The van der Waals surface area contributed by atoms with E-state index in [0.29, 0.717) is 24.3 Å². The third-order valence-corrected chi connectivity index (χ3v) is 14.0. The summed E-state index contributed by atoms with van der Waals surface area (Å²) in [5.74, 6) is -0.527. The van der Waals surface area contributed by atoms with Gasteiger partial charge in [-0.05, 0) is 25.0 Å². The summed E-state index contributed by atoms with van der Waals surface area (Å²) < 4.78 is 13.8. The van der Waals surface area contributed by atoms with Crippen molar-refractivity contribution >= 4 is 20.4 Å². The zero-order chi connectivity index (χ0) is 30.1. The predicted octanol–water partition coefficient (Wildman–Crippen LogP) is 9.61. The van der Waals surface area contributed by atoms with Crippen molar-refractivity contribution in [1.29, 1.82) is 0 Å². The fourth-order valence-corrected chi connectivity index (χ4v) is 11.7. The molecule has 0 bridgehead atoms. The molecule has 0 unspecified atom stereocenters. The summed E-state index contributed by atoms with van der Waals surface area (Å²) >= 11 is 0. The van der Waals surface area contributed by atoms with E-state index in [-0.39, 0.29) is 33.9 Å². The maximum Gasteiger partial charge on any atom is 0.349 e. The molecule has 2 heterocycles. The fourth-order valence-electron chi connectivity index (χ4n) is 6.70. The third-order valence-electron chi connectivity index (χ3n) is 8.84. The van der Waals surface area contributed by atoms with Crippen LogP contribution >= 0.6 is 0 Å². The van der Waals surface area contributed by atoms with Gasteiger partial charge < -0.3 is 8.85 Å². The van der Waals surface area contributed by atoms with Crippen LogP contribution in [0.15, 0.2) is 36.4 Å². The molecule has 0 spiro atoms. The average molecular weight is 584 g/mol. The first-order valence-electron chi connectivity index (χ1n) is 16.4. The SMILES string of the molecule is CCCCCCCCCCCCC/C=C\[C@H]1O[Si](C(C)(C)C)(C(C)(C)C)OC[C@@H]1CN1C(=O)c2ccccc2C1=O. The van der Waals surface area contributed by atoms with Crippen LogP contribution in [0.25, 0.3) is 0 Å². The Morgan fingerprint density at radius 1 is 0.805 bits per heavy atom. The second-order valence-electron chi connectivity index (χ2n) is 14.3. The van der Waals surface area contributed by atoms with Gasteiger partial charge in [0.15, 0.2) is 0 Å². The number of benzene rings is 1. The molecule has 0 aliphatic carbocycles. The lowest BCUT2D eigenvalue weighted by atomic mass is 10.0. The Labute approximate surface area is 251 Å². The smallest absolute Gasteiger partial charge is 0.349 e. The van der Waals surface area contributed by atoms with Crippen LogP contribution in [0.3, 0.4) is 0 Å². The molecule has 2 atom stereocenters. The lowest BCUT2D eigenvalue weighted by Gasteiger charge is -2.54. The Bertz CT molecular complexity index is 973. The van der Waals surface area contributed by atoms with Gasteiger partial charge in [0.25, 0.3) is 11.8 Å². The topological polar surface area (TPSA) is 55.8 Å². The van der Waals surface area contributed by atoms with Crippen molar-refractivity contribution in [3.05, 3.63) is 47.5 Å². The van der Waals surface area contributed by atoms with Crippen LogP contribution in [0, 0.1) is 5.92 Å². The fraction of sp³-hybridized carbons (Fsp3) is 0.714. The molecule has 1 fully saturated rings. The second kappa shape index (κ2) is 15.1. The van der Waals surface area contributed by atoms with Crippen LogP contribution in [0.2, 0.25) is 10.1 Å². The number of allylic oxidation sites excluding steroid dienone is 1. The maximum atomic E-state index is 13.1. The van der Waals surface area contributed by atoms with Crippen LogP contribution in [-0.2, 0) is 8.85 Å². The minimum Gasteiger partial charge on any atom is -0.393 e. The van der Waals surface area contributed by atoms with E-state index in [9.17, 15) is 9.59 Å². The number of nitrogens with zero attached hydrogens (tertiary/aromatic N) is 1. The van der Waals surface area contributed by atoms with E-state index in [4.69, 9.17) is 8.85 Å². The molecule has 1 aromatic carbocycles. The number of amides is 2. The first-order valence-corrected chi connectivity index (χ1v) is 18.2. The molecule has 6 heteroatoms. The highest BCUT2D eigenvalue weighted by Gasteiger charge is 2.61. The minimum absolute atomic E-state index is 0.101. The molecule has 230 valence electrons. The normalized spacial score (nSPS) is 21.2. The highest BCUT2D eigenvalue weighted by atomic mass is 28.4. The minimum atomic E-state index is -2.69. The summed E-state index contributed by atoms with van der Waals surface area (Å²) in [6.45, 7) is 16.4. The van der Waals surface area contributed by atoms with Crippen molar-refractivity contribution in [2.24, 2.45) is 5.92 Å². The van der Waals surface area contributed by atoms with Gasteiger partial charge in [0.1, 0.15) is 0 Å². The van der Waals surface area contributed by atoms with Crippen LogP contribution in [0.4, 0.5) is 0 Å². The molecule has 1 aromatic rings. The van der Waals surface area contributed by atoms with E-state index in [1.165, 1.54) is 75.5 Å². The third kappa shape index (κ3) is 8.42. The number of unbranched alkanes of at least 4 members (excludes halogenated alkanes) is 11. The van der Waals surface area contributed by atoms with Gasteiger partial charge in [-0.15, -0.1) is 0 Å².